The molecule has 2 aliphatic carbocycles. The van der Waals surface area contributed by atoms with Crippen LogP contribution >= 0.6 is 0 Å². The fraction of sp³-hybridized carbons (Fsp3) is 0.810. The van der Waals surface area contributed by atoms with E-state index in [1.165, 1.54) is 0 Å². The third-order valence-corrected chi connectivity index (χ3v) is 7.19. The molecule has 1 aliphatic heterocycles. The lowest BCUT2D eigenvalue weighted by Crippen LogP contribution is -2.70. The standard InChI is InChI=1S/C21H34N4O5/c1-21(2)9-10-25(17(21)18(22)27,20(29)23-16-7-8-16)19(28)15(12-24(30)13-26)11-14-5-3-4-6-14/h13-17,30H,3-12H2,1-2H3,(H2-,22,23,27,29)/p+1/t15-,17-,25?/m1/s1. The summed E-state index contributed by atoms with van der Waals surface area (Å²) in [5.74, 6) is -1.54. The Labute approximate surface area is 177 Å². The maximum Gasteiger partial charge on any atom is 0.424 e. The molecule has 4 N–H and O–H groups in total. The molecular formula is C21H35N4O5+. The van der Waals surface area contributed by atoms with E-state index < -0.39 is 39.7 Å². The highest BCUT2D eigenvalue weighted by molar-refractivity contribution is 5.92. The van der Waals surface area contributed by atoms with E-state index in [0.717, 1.165) is 38.5 Å². The van der Waals surface area contributed by atoms with Gasteiger partial charge in [0.2, 0.25) is 6.41 Å². The number of carbonyl (C=O) groups excluding carboxylic acids is 4. The molecule has 0 aromatic carbocycles. The van der Waals surface area contributed by atoms with Gasteiger partial charge in [-0.25, -0.2) is 14.7 Å². The topological polar surface area (TPSA) is 130 Å². The van der Waals surface area contributed by atoms with Gasteiger partial charge in [-0.05, 0) is 25.2 Å². The van der Waals surface area contributed by atoms with Crippen molar-refractivity contribution in [2.24, 2.45) is 23.0 Å². The third-order valence-electron chi connectivity index (χ3n) is 7.19. The molecule has 3 fully saturated rings. The Morgan fingerprint density at radius 2 is 1.87 bits per heavy atom. The number of nitrogens with zero attached hydrogens (tertiary/aromatic N) is 2. The molecular weight excluding hydrogens is 388 g/mol. The number of urea groups is 1. The molecule has 3 aliphatic rings. The van der Waals surface area contributed by atoms with Crippen LogP contribution in [-0.2, 0) is 14.4 Å². The zero-order valence-corrected chi connectivity index (χ0v) is 18.0. The van der Waals surface area contributed by atoms with Crippen molar-refractivity contribution in [2.45, 2.75) is 77.3 Å². The second-order valence-corrected chi connectivity index (χ2v) is 10.0. The number of rotatable bonds is 8. The summed E-state index contributed by atoms with van der Waals surface area (Å²) in [7, 11) is 0. The zero-order valence-electron chi connectivity index (χ0n) is 18.0. The van der Waals surface area contributed by atoms with Crippen molar-refractivity contribution in [1.82, 2.24) is 10.4 Å². The smallest absolute Gasteiger partial charge is 0.364 e. The first-order valence-electron chi connectivity index (χ1n) is 11.0. The van der Waals surface area contributed by atoms with Crippen molar-refractivity contribution in [3.05, 3.63) is 0 Å². The maximum absolute atomic E-state index is 14.0. The van der Waals surface area contributed by atoms with Gasteiger partial charge < -0.3 is 11.1 Å². The lowest BCUT2D eigenvalue weighted by atomic mass is 9.83. The van der Waals surface area contributed by atoms with Crippen LogP contribution in [0.5, 0.6) is 0 Å². The van der Waals surface area contributed by atoms with Gasteiger partial charge in [-0.1, -0.05) is 39.5 Å². The molecule has 3 atom stereocenters. The molecule has 1 heterocycles. The first-order chi connectivity index (χ1) is 14.1. The Morgan fingerprint density at radius 1 is 1.23 bits per heavy atom. The second kappa shape index (κ2) is 8.63. The highest BCUT2D eigenvalue weighted by Gasteiger charge is 2.66. The van der Waals surface area contributed by atoms with E-state index in [-0.39, 0.29) is 25.5 Å². The third kappa shape index (κ3) is 4.37. The predicted molar refractivity (Wildman–Crippen MR) is 108 cm³/mol. The lowest BCUT2D eigenvalue weighted by molar-refractivity contribution is -0.783. The van der Waals surface area contributed by atoms with Gasteiger partial charge in [0.25, 0.3) is 5.91 Å². The number of carbonyl (C=O) groups is 4. The van der Waals surface area contributed by atoms with Crippen molar-refractivity contribution in [3.63, 3.8) is 0 Å². The summed E-state index contributed by atoms with van der Waals surface area (Å²) in [5, 5.41) is 13.2. The van der Waals surface area contributed by atoms with Gasteiger partial charge >= 0.3 is 11.9 Å². The van der Waals surface area contributed by atoms with Crippen LogP contribution in [0.2, 0.25) is 0 Å². The zero-order chi connectivity index (χ0) is 22.1. The van der Waals surface area contributed by atoms with Gasteiger partial charge in [0.15, 0.2) is 6.04 Å². The molecule has 9 nitrogen and oxygen atoms in total. The van der Waals surface area contributed by atoms with E-state index in [4.69, 9.17) is 5.73 Å². The number of primary amides is 1. The number of hydrogen-bond acceptors (Lipinski definition) is 5. The van der Waals surface area contributed by atoms with Gasteiger partial charge in [0, 0.05) is 17.9 Å². The Morgan fingerprint density at radius 3 is 2.40 bits per heavy atom. The molecule has 0 radical (unpaired) electrons. The van der Waals surface area contributed by atoms with Crippen LogP contribution in [0.15, 0.2) is 0 Å². The Bertz CT molecular complexity index is 702. The number of nitrogens with two attached hydrogens (primary N) is 1. The highest BCUT2D eigenvalue weighted by Crippen LogP contribution is 2.44. The Balaban J connectivity index is 1.98. The summed E-state index contributed by atoms with van der Waals surface area (Å²) in [6, 6.07) is -1.45. The molecule has 1 saturated heterocycles. The Hall–Kier alpha value is -2.00. The first kappa shape index (κ1) is 22.7. The van der Waals surface area contributed by atoms with E-state index in [9.17, 15) is 24.4 Å². The summed E-state index contributed by atoms with van der Waals surface area (Å²) >= 11 is 0. The normalized spacial score (nSPS) is 29.4. The van der Waals surface area contributed by atoms with Gasteiger partial charge in [-0.15, -0.1) is 0 Å². The van der Waals surface area contributed by atoms with Crippen LogP contribution in [-0.4, -0.2) is 64.2 Å². The largest absolute Gasteiger partial charge is 0.424 e. The average molecular weight is 424 g/mol. The van der Waals surface area contributed by atoms with Crippen molar-refractivity contribution >= 4 is 24.3 Å². The van der Waals surface area contributed by atoms with Crippen molar-refractivity contribution in [3.8, 4) is 0 Å². The van der Waals surface area contributed by atoms with Crippen LogP contribution < -0.4 is 11.1 Å². The number of imide groups is 1. The van der Waals surface area contributed by atoms with E-state index in [1.807, 2.05) is 13.8 Å². The van der Waals surface area contributed by atoms with Crippen LogP contribution in [0, 0.1) is 17.3 Å². The summed E-state index contributed by atoms with van der Waals surface area (Å²) < 4.78 is -0.664. The number of quaternary nitrogens is 1. The minimum absolute atomic E-state index is 0.0233. The number of amides is 5. The molecule has 0 spiro atoms. The highest BCUT2D eigenvalue weighted by atomic mass is 16.5. The Kier molecular flexibility index (Phi) is 6.52. The predicted octanol–water partition coefficient (Wildman–Crippen LogP) is 1.53. The number of hydrogen-bond donors (Lipinski definition) is 3. The number of hydroxylamine groups is 2. The van der Waals surface area contributed by atoms with Crippen LogP contribution in [0.4, 0.5) is 4.79 Å². The molecule has 168 valence electrons. The lowest BCUT2D eigenvalue weighted by Gasteiger charge is -2.39. The quantitative estimate of drug-likeness (QED) is 0.236. The molecule has 30 heavy (non-hydrogen) atoms. The van der Waals surface area contributed by atoms with E-state index in [2.05, 4.69) is 5.32 Å². The minimum atomic E-state index is -0.988. The molecule has 9 heteroatoms. The number of nitrogens with one attached hydrogen (secondary N) is 1. The molecule has 3 rings (SSSR count). The van der Waals surface area contributed by atoms with Crippen LogP contribution in [0.25, 0.3) is 0 Å². The summed E-state index contributed by atoms with van der Waals surface area (Å²) in [4.78, 5) is 51.1. The summed E-state index contributed by atoms with van der Waals surface area (Å²) in [6.07, 6.45) is 7.08. The molecule has 0 aromatic rings. The molecule has 0 bridgehead atoms. The minimum Gasteiger partial charge on any atom is -0.364 e. The van der Waals surface area contributed by atoms with Crippen molar-refractivity contribution in [1.29, 1.82) is 0 Å². The fourth-order valence-electron chi connectivity index (χ4n) is 5.50. The van der Waals surface area contributed by atoms with Crippen LogP contribution in [0.3, 0.4) is 0 Å². The fourth-order valence-corrected chi connectivity index (χ4v) is 5.50. The van der Waals surface area contributed by atoms with E-state index in [0.29, 0.717) is 23.8 Å². The van der Waals surface area contributed by atoms with Crippen LogP contribution in [0.1, 0.15) is 65.2 Å². The monoisotopic (exact) mass is 423 g/mol. The van der Waals surface area contributed by atoms with E-state index >= 15 is 0 Å². The average Bonchev–Trinajstić information content (AvgIpc) is 3.23. The molecule has 0 aromatic heterocycles. The van der Waals surface area contributed by atoms with Gasteiger partial charge in [0.05, 0.1) is 19.0 Å². The first-order valence-corrected chi connectivity index (χ1v) is 11.0. The van der Waals surface area contributed by atoms with E-state index in [1.54, 1.807) is 0 Å². The van der Waals surface area contributed by atoms with Crippen molar-refractivity contribution < 1.29 is 28.9 Å². The van der Waals surface area contributed by atoms with Gasteiger partial charge in [-0.2, -0.15) is 4.48 Å². The number of likely N-dealkylation sites (tertiary alicyclic amines) is 1. The SMILES string of the molecule is CC1(C)CC[N+](C(=O)NC2CC2)(C(=O)[C@H](CC2CCCC2)CN(O)C=O)[C@@H]1C(N)=O. The molecule has 2 saturated carbocycles. The second-order valence-electron chi connectivity index (χ2n) is 10.0. The molecule has 1 unspecified atom stereocenters. The maximum atomic E-state index is 14.0. The summed E-state index contributed by atoms with van der Waals surface area (Å²) in [5.41, 5.74) is 5.14. The van der Waals surface area contributed by atoms with Gasteiger partial charge in [0.1, 0.15) is 0 Å². The van der Waals surface area contributed by atoms with Crippen molar-refractivity contribution in [2.75, 3.05) is 13.1 Å². The summed E-state index contributed by atoms with van der Waals surface area (Å²) in [6.45, 7) is 3.71. The van der Waals surface area contributed by atoms with Gasteiger partial charge in [-0.3, -0.25) is 14.8 Å². The molecule has 5 amide bonds.